The number of hydrogen-bond acceptors (Lipinski definition) is 2. The van der Waals surface area contributed by atoms with E-state index in [0.717, 1.165) is 0 Å². The Kier molecular flexibility index (Phi) is 4.32. The van der Waals surface area contributed by atoms with E-state index in [-0.39, 0.29) is 0 Å². The fourth-order valence-electron chi connectivity index (χ4n) is 1.33. The maximum Gasteiger partial charge on any atom is 0.116 e. The predicted octanol–water partition coefficient (Wildman–Crippen LogP) is 2.06. The van der Waals surface area contributed by atoms with Crippen molar-refractivity contribution in [1.82, 2.24) is 5.32 Å². The van der Waals surface area contributed by atoms with Gasteiger partial charge in [-0.25, -0.2) is 4.39 Å². The summed E-state index contributed by atoms with van der Waals surface area (Å²) in [6, 6.07) is 5.00. The summed E-state index contributed by atoms with van der Waals surface area (Å²) in [4.78, 5) is 0. The van der Waals surface area contributed by atoms with Crippen LogP contribution >= 0.6 is 11.6 Å². The highest BCUT2D eigenvalue weighted by atomic mass is 35.5. The molecule has 0 radical (unpaired) electrons. The van der Waals surface area contributed by atoms with Crippen molar-refractivity contribution in [2.24, 2.45) is 0 Å². The van der Waals surface area contributed by atoms with Gasteiger partial charge in [-0.05, 0) is 18.7 Å². The zero-order valence-electron chi connectivity index (χ0n) is 7.93. The lowest BCUT2D eigenvalue weighted by atomic mass is 10.0. The first-order valence-corrected chi connectivity index (χ1v) is 4.74. The second-order valence-electron chi connectivity index (χ2n) is 3.01. The number of likely N-dealkylation sites (N-methyl/N-ethyl adjacent to an activating group) is 1. The fourth-order valence-corrected chi connectivity index (χ4v) is 1.56. The van der Waals surface area contributed by atoms with Gasteiger partial charge in [0.05, 0.1) is 6.10 Å². The fraction of sp³-hybridized carbons (Fsp3) is 0.400. The van der Waals surface area contributed by atoms with Crippen LogP contribution in [0.2, 0.25) is 5.02 Å². The van der Waals surface area contributed by atoms with Crippen molar-refractivity contribution in [2.45, 2.75) is 12.8 Å². The maximum absolute atomic E-state index is 12.6. The van der Waals surface area contributed by atoms with Crippen LogP contribution in [-0.2, 0) is 6.67 Å². The van der Waals surface area contributed by atoms with Gasteiger partial charge in [-0.15, -0.1) is 0 Å². The van der Waals surface area contributed by atoms with E-state index in [1.165, 1.54) is 0 Å². The molecule has 0 amide bonds. The second-order valence-corrected chi connectivity index (χ2v) is 3.42. The van der Waals surface area contributed by atoms with Crippen LogP contribution in [0.5, 0.6) is 0 Å². The van der Waals surface area contributed by atoms with Gasteiger partial charge < -0.3 is 10.4 Å². The minimum atomic E-state index is -0.718. The lowest BCUT2D eigenvalue weighted by Crippen LogP contribution is -2.17. The number of benzene rings is 1. The van der Waals surface area contributed by atoms with Crippen molar-refractivity contribution in [3.63, 3.8) is 0 Å². The normalized spacial score (nSPS) is 12.9. The molecule has 14 heavy (non-hydrogen) atoms. The molecule has 0 aliphatic carbocycles. The second kappa shape index (κ2) is 5.29. The van der Waals surface area contributed by atoms with E-state index in [1.807, 2.05) is 0 Å². The van der Waals surface area contributed by atoms with E-state index in [2.05, 4.69) is 5.32 Å². The third kappa shape index (κ3) is 2.44. The quantitative estimate of drug-likeness (QED) is 0.809. The van der Waals surface area contributed by atoms with Crippen molar-refractivity contribution < 1.29 is 9.50 Å². The first kappa shape index (κ1) is 11.4. The van der Waals surface area contributed by atoms with E-state index in [1.54, 1.807) is 25.2 Å². The summed E-state index contributed by atoms with van der Waals surface area (Å²) >= 11 is 5.80. The average Bonchev–Trinajstić information content (AvgIpc) is 2.17. The van der Waals surface area contributed by atoms with E-state index < -0.39 is 12.8 Å². The highest BCUT2D eigenvalue weighted by Crippen LogP contribution is 2.25. The number of rotatable bonds is 4. The van der Waals surface area contributed by atoms with Gasteiger partial charge in [-0.1, -0.05) is 23.7 Å². The third-order valence-corrected chi connectivity index (χ3v) is 2.40. The van der Waals surface area contributed by atoms with Gasteiger partial charge in [0.25, 0.3) is 0 Å². The van der Waals surface area contributed by atoms with Crippen molar-refractivity contribution in [3.05, 3.63) is 34.3 Å². The highest BCUT2D eigenvalue weighted by Gasteiger charge is 2.13. The molecule has 0 saturated carbocycles. The van der Waals surface area contributed by atoms with E-state index in [4.69, 9.17) is 11.6 Å². The zero-order valence-corrected chi connectivity index (χ0v) is 8.68. The molecule has 2 nitrogen and oxygen atoms in total. The largest absolute Gasteiger partial charge is 0.387 e. The molecule has 0 saturated heterocycles. The monoisotopic (exact) mass is 217 g/mol. The summed E-state index contributed by atoms with van der Waals surface area (Å²) < 4.78 is 12.6. The molecule has 1 rings (SSSR count). The lowest BCUT2D eigenvalue weighted by Gasteiger charge is -2.14. The molecule has 1 atom stereocenters. The molecule has 4 heteroatoms. The van der Waals surface area contributed by atoms with E-state index in [9.17, 15) is 9.50 Å². The summed E-state index contributed by atoms with van der Waals surface area (Å²) in [6.07, 6.45) is -0.718. The van der Waals surface area contributed by atoms with Gasteiger partial charge >= 0.3 is 0 Å². The highest BCUT2D eigenvalue weighted by molar-refractivity contribution is 6.31. The molecule has 0 spiro atoms. The van der Waals surface area contributed by atoms with Crippen molar-refractivity contribution in [3.8, 4) is 0 Å². The smallest absolute Gasteiger partial charge is 0.116 e. The molecule has 0 aliphatic heterocycles. The van der Waals surface area contributed by atoms with Gasteiger partial charge in [0.1, 0.15) is 6.67 Å². The van der Waals surface area contributed by atoms with Crippen LogP contribution in [0.15, 0.2) is 18.2 Å². The zero-order chi connectivity index (χ0) is 10.6. The lowest BCUT2D eigenvalue weighted by molar-refractivity contribution is 0.176. The molecule has 0 fully saturated rings. The van der Waals surface area contributed by atoms with Crippen LogP contribution in [0.3, 0.4) is 0 Å². The molecule has 1 aromatic carbocycles. The number of alkyl halides is 1. The molecule has 1 aromatic rings. The summed E-state index contributed by atoms with van der Waals surface area (Å²) in [5, 5.41) is 12.9. The summed E-state index contributed by atoms with van der Waals surface area (Å²) in [5.74, 6) is 0. The molecular weight excluding hydrogens is 205 g/mol. The number of nitrogens with one attached hydrogen (secondary N) is 1. The molecule has 0 heterocycles. The van der Waals surface area contributed by atoms with Gasteiger partial charge in [-0.3, -0.25) is 0 Å². The predicted molar refractivity (Wildman–Crippen MR) is 55.2 cm³/mol. The Morgan fingerprint density at radius 2 is 2.29 bits per heavy atom. The third-order valence-electron chi connectivity index (χ3n) is 2.05. The van der Waals surface area contributed by atoms with Gasteiger partial charge in [0.2, 0.25) is 0 Å². The standard InChI is InChI=1S/C10H13ClFNO/c1-13-6-10(14)7-3-2-4-9(11)8(7)5-12/h2-4,10,13-14H,5-6H2,1H3. The summed E-state index contributed by atoms with van der Waals surface area (Å²) in [5.41, 5.74) is 0.922. The SMILES string of the molecule is CNCC(O)c1cccc(Cl)c1CF. The molecule has 0 aromatic heterocycles. The minimum Gasteiger partial charge on any atom is -0.387 e. The molecule has 0 aliphatic rings. The van der Waals surface area contributed by atoms with Crippen LogP contribution in [0, 0.1) is 0 Å². The van der Waals surface area contributed by atoms with Crippen LogP contribution in [0.25, 0.3) is 0 Å². The Morgan fingerprint density at radius 3 is 2.86 bits per heavy atom. The Morgan fingerprint density at radius 1 is 1.57 bits per heavy atom. The summed E-state index contributed by atoms with van der Waals surface area (Å²) in [6.45, 7) is -0.275. The Balaban J connectivity index is 3.00. The maximum atomic E-state index is 12.6. The van der Waals surface area contributed by atoms with Crippen LogP contribution in [-0.4, -0.2) is 18.7 Å². The first-order valence-electron chi connectivity index (χ1n) is 4.36. The van der Waals surface area contributed by atoms with Crippen LogP contribution in [0.4, 0.5) is 4.39 Å². The van der Waals surface area contributed by atoms with E-state index in [0.29, 0.717) is 22.7 Å². The minimum absolute atomic E-state index is 0.361. The van der Waals surface area contributed by atoms with Gasteiger partial charge in [0.15, 0.2) is 0 Å². The topological polar surface area (TPSA) is 32.3 Å². The van der Waals surface area contributed by atoms with Crippen molar-refractivity contribution in [1.29, 1.82) is 0 Å². The van der Waals surface area contributed by atoms with Gasteiger partial charge in [-0.2, -0.15) is 0 Å². The number of aliphatic hydroxyl groups is 1. The van der Waals surface area contributed by atoms with E-state index >= 15 is 0 Å². The number of aliphatic hydroxyl groups excluding tert-OH is 1. The first-order chi connectivity index (χ1) is 6.70. The summed E-state index contributed by atoms with van der Waals surface area (Å²) in [7, 11) is 1.73. The van der Waals surface area contributed by atoms with Gasteiger partial charge in [0, 0.05) is 17.1 Å². The molecule has 78 valence electrons. The van der Waals surface area contributed by atoms with Crippen LogP contribution in [0.1, 0.15) is 17.2 Å². The molecule has 0 bridgehead atoms. The Labute approximate surface area is 87.7 Å². The molecule has 1 unspecified atom stereocenters. The van der Waals surface area contributed by atoms with Crippen LogP contribution < -0.4 is 5.32 Å². The van der Waals surface area contributed by atoms with Crippen molar-refractivity contribution in [2.75, 3.05) is 13.6 Å². The average molecular weight is 218 g/mol. The number of hydrogen-bond donors (Lipinski definition) is 2. The number of halogens is 2. The molecular formula is C10H13ClFNO. The van der Waals surface area contributed by atoms with Crippen molar-refractivity contribution >= 4 is 11.6 Å². The Hall–Kier alpha value is -0.640. The molecule has 2 N–H and O–H groups in total. The Bertz CT molecular complexity index is 306.